The molecule has 4 aromatic heterocycles. The summed E-state index contributed by atoms with van der Waals surface area (Å²) in [5.41, 5.74) is 16.8. The summed E-state index contributed by atoms with van der Waals surface area (Å²) in [6, 6.07) is 81.4. The Morgan fingerprint density at radius 2 is 0.703 bits per heavy atom. The quantitative estimate of drug-likeness (QED) is 0.170. The number of hydrogen-bond acceptors (Lipinski definition) is 1. The minimum atomic E-state index is 0.879. The second-order valence-electron chi connectivity index (χ2n) is 16.9. The zero-order valence-electron chi connectivity index (χ0n) is 34.6. The van der Waals surface area contributed by atoms with Gasteiger partial charge < -0.3 is 18.1 Å². The van der Waals surface area contributed by atoms with Crippen molar-refractivity contribution in [1.82, 2.24) is 13.7 Å². The van der Waals surface area contributed by atoms with E-state index < -0.39 is 0 Å². The molecular formula is C60H37N3O. The molecule has 4 nitrogen and oxygen atoms in total. The van der Waals surface area contributed by atoms with Gasteiger partial charge in [0.1, 0.15) is 11.2 Å². The van der Waals surface area contributed by atoms with E-state index in [-0.39, 0.29) is 0 Å². The third-order valence-corrected chi connectivity index (χ3v) is 13.4. The van der Waals surface area contributed by atoms with Gasteiger partial charge in [0.05, 0.1) is 38.5 Å². The van der Waals surface area contributed by atoms with Crippen LogP contribution in [0.25, 0.3) is 127 Å². The van der Waals surface area contributed by atoms with Crippen molar-refractivity contribution in [3.05, 3.63) is 224 Å². The van der Waals surface area contributed by atoms with Gasteiger partial charge in [-0.1, -0.05) is 140 Å². The van der Waals surface area contributed by atoms with Crippen LogP contribution >= 0.6 is 0 Å². The largest absolute Gasteiger partial charge is 0.455 e. The lowest BCUT2D eigenvalue weighted by Gasteiger charge is -2.16. The molecule has 0 fully saturated rings. The highest BCUT2D eigenvalue weighted by atomic mass is 16.3. The minimum absolute atomic E-state index is 0.879. The van der Waals surface area contributed by atoms with Crippen molar-refractivity contribution in [2.75, 3.05) is 0 Å². The van der Waals surface area contributed by atoms with E-state index in [0.29, 0.717) is 0 Å². The van der Waals surface area contributed by atoms with E-state index >= 15 is 0 Å². The fourth-order valence-corrected chi connectivity index (χ4v) is 10.6. The minimum Gasteiger partial charge on any atom is -0.455 e. The predicted octanol–water partition coefficient (Wildman–Crippen LogP) is 16.2. The van der Waals surface area contributed by atoms with Crippen molar-refractivity contribution in [1.29, 1.82) is 0 Å². The lowest BCUT2D eigenvalue weighted by molar-refractivity contribution is 0.673. The standard InChI is InChI=1S/C60H37N3O/c1-2-14-38(15-3-1)41-34-43(62-54-23-11-6-18-47(54)48-19-7-12-24-55(48)62)37-44(35-41)63-56-25-13-8-20-50(56)59-57(63)32-31-49-51-36-40(28-33-58(51)64-60(49)59)39-26-29-42(30-27-39)61-52-21-9-4-16-45(52)46-17-5-10-22-53(46)61/h1-37H. The van der Waals surface area contributed by atoms with Crippen molar-refractivity contribution in [3.63, 3.8) is 0 Å². The summed E-state index contributed by atoms with van der Waals surface area (Å²) in [5.74, 6) is 0. The molecule has 0 aliphatic carbocycles. The highest BCUT2D eigenvalue weighted by molar-refractivity contribution is 6.24. The van der Waals surface area contributed by atoms with Gasteiger partial charge in [0, 0.05) is 54.8 Å². The molecule has 14 rings (SSSR count). The summed E-state index contributed by atoms with van der Waals surface area (Å²) in [5, 5.41) is 9.51. The lowest BCUT2D eigenvalue weighted by Crippen LogP contribution is -2.00. The first-order chi connectivity index (χ1) is 31.7. The third-order valence-electron chi connectivity index (χ3n) is 13.4. The van der Waals surface area contributed by atoms with E-state index in [0.717, 1.165) is 77.5 Å². The van der Waals surface area contributed by atoms with Crippen molar-refractivity contribution in [2.45, 2.75) is 0 Å². The first kappa shape index (κ1) is 35.0. The number of nitrogens with zero attached hydrogens (tertiary/aromatic N) is 3. The molecule has 14 aromatic rings. The molecule has 10 aromatic carbocycles. The maximum absolute atomic E-state index is 6.92. The average Bonchev–Trinajstić information content (AvgIpc) is 4.10. The Morgan fingerprint density at radius 3 is 1.28 bits per heavy atom. The molecule has 4 heteroatoms. The van der Waals surface area contributed by atoms with Gasteiger partial charge in [0.2, 0.25) is 0 Å². The Hall–Kier alpha value is -8.60. The number of aromatic nitrogens is 3. The molecule has 0 aliphatic heterocycles. The molecule has 0 unspecified atom stereocenters. The summed E-state index contributed by atoms with van der Waals surface area (Å²) in [7, 11) is 0. The molecular weight excluding hydrogens is 779 g/mol. The summed E-state index contributed by atoms with van der Waals surface area (Å²) >= 11 is 0. The van der Waals surface area contributed by atoms with Crippen molar-refractivity contribution in [2.24, 2.45) is 0 Å². The zero-order chi connectivity index (χ0) is 41.9. The maximum atomic E-state index is 6.92. The van der Waals surface area contributed by atoms with Crippen LogP contribution in [-0.2, 0) is 0 Å². The number of fused-ring (bicyclic) bond motifs is 13. The van der Waals surface area contributed by atoms with Crippen LogP contribution in [0, 0.1) is 0 Å². The van der Waals surface area contributed by atoms with Gasteiger partial charge in [-0.05, 0) is 107 Å². The van der Waals surface area contributed by atoms with Crippen molar-refractivity contribution in [3.8, 4) is 39.3 Å². The van der Waals surface area contributed by atoms with Crippen LogP contribution < -0.4 is 0 Å². The van der Waals surface area contributed by atoms with E-state index in [4.69, 9.17) is 4.42 Å². The van der Waals surface area contributed by atoms with Gasteiger partial charge in [-0.25, -0.2) is 0 Å². The van der Waals surface area contributed by atoms with Crippen LogP contribution in [0.1, 0.15) is 0 Å². The van der Waals surface area contributed by atoms with Gasteiger partial charge in [-0.15, -0.1) is 0 Å². The first-order valence-electron chi connectivity index (χ1n) is 21.9. The average molecular weight is 816 g/mol. The number of hydrogen-bond donors (Lipinski definition) is 0. The SMILES string of the molecule is c1ccc(-c2cc(-n3c4ccccc4c4ccccc43)cc(-n3c4ccccc4c4c5oc6ccc(-c7ccc(-n8c9ccccc9c9ccccc98)cc7)cc6c5ccc43)c2)cc1. The molecule has 298 valence electrons. The first-order valence-corrected chi connectivity index (χ1v) is 21.9. The second kappa shape index (κ2) is 13.4. The van der Waals surface area contributed by atoms with E-state index in [9.17, 15) is 0 Å². The summed E-state index contributed by atoms with van der Waals surface area (Å²) in [6.45, 7) is 0. The number of furan rings is 1. The van der Waals surface area contributed by atoms with Gasteiger partial charge >= 0.3 is 0 Å². The van der Waals surface area contributed by atoms with Crippen molar-refractivity contribution < 1.29 is 4.42 Å². The molecule has 0 saturated heterocycles. The molecule has 0 radical (unpaired) electrons. The monoisotopic (exact) mass is 815 g/mol. The van der Waals surface area contributed by atoms with Crippen LogP contribution in [-0.4, -0.2) is 13.7 Å². The molecule has 4 heterocycles. The molecule has 0 amide bonds. The summed E-state index contributed by atoms with van der Waals surface area (Å²) in [6.07, 6.45) is 0. The number of benzene rings is 10. The smallest absolute Gasteiger partial charge is 0.145 e. The molecule has 0 N–H and O–H groups in total. The highest BCUT2D eigenvalue weighted by Gasteiger charge is 2.21. The van der Waals surface area contributed by atoms with Crippen molar-refractivity contribution >= 4 is 87.4 Å². The van der Waals surface area contributed by atoms with E-state index in [1.54, 1.807) is 0 Å². The number of para-hydroxylation sites is 5. The molecule has 0 aliphatic rings. The Balaban J connectivity index is 0.941. The van der Waals surface area contributed by atoms with Crippen LogP contribution in [0.4, 0.5) is 0 Å². The van der Waals surface area contributed by atoms with Crippen LogP contribution in [0.3, 0.4) is 0 Å². The summed E-state index contributed by atoms with van der Waals surface area (Å²) < 4.78 is 14.1. The molecule has 64 heavy (non-hydrogen) atoms. The van der Waals surface area contributed by atoms with Gasteiger partial charge in [-0.3, -0.25) is 0 Å². The van der Waals surface area contributed by atoms with E-state index in [1.807, 2.05) is 0 Å². The predicted molar refractivity (Wildman–Crippen MR) is 268 cm³/mol. The highest BCUT2D eigenvalue weighted by Crippen LogP contribution is 2.43. The number of rotatable bonds is 5. The maximum Gasteiger partial charge on any atom is 0.145 e. The molecule has 0 bridgehead atoms. The topological polar surface area (TPSA) is 27.9 Å². The summed E-state index contributed by atoms with van der Waals surface area (Å²) in [4.78, 5) is 0. The Bertz CT molecular complexity index is 4070. The fourth-order valence-electron chi connectivity index (χ4n) is 10.6. The van der Waals surface area contributed by atoms with Crippen LogP contribution in [0.15, 0.2) is 229 Å². The van der Waals surface area contributed by atoms with E-state index in [2.05, 4.69) is 238 Å². The molecule has 0 spiro atoms. The Morgan fingerprint density at radius 1 is 0.250 bits per heavy atom. The van der Waals surface area contributed by atoms with Crippen LogP contribution in [0.5, 0.6) is 0 Å². The van der Waals surface area contributed by atoms with Crippen LogP contribution in [0.2, 0.25) is 0 Å². The Labute approximate surface area is 367 Å². The normalized spacial score (nSPS) is 12.1. The third kappa shape index (κ3) is 5.05. The molecule has 0 saturated carbocycles. The second-order valence-corrected chi connectivity index (χ2v) is 16.9. The van der Waals surface area contributed by atoms with Gasteiger partial charge in [0.25, 0.3) is 0 Å². The lowest BCUT2D eigenvalue weighted by atomic mass is 10.0. The van der Waals surface area contributed by atoms with Gasteiger partial charge in [0.15, 0.2) is 0 Å². The van der Waals surface area contributed by atoms with E-state index in [1.165, 1.54) is 49.2 Å². The zero-order valence-corrected chi connectivity index (χ0v) is 34.6. The fraction of sp³-hybridized carbons (Fsp3) is 0. The van der Waals surface area contributed by atoms with Gasteiger partial charge in [-0.2, -0.15) is 0 Å². The Kier molecular flexibility index (Phi) is 7.36. The molecule has 0 atom stereocenters.